The average molecular weight is 608 g/mol. The summed E-state index contributed by atoms with van der Waals surface area (Å²) in [6.45, 7) is 1.60. The Kier molecular flexibility index (Phi) is 7.31. The quantitative estimate of drug-likeness (QED) is 0.252. The number of nitrogens with zero attached hydrogens (tertiary/aromatic N) is 3. The SMILES string of the molecule is COc1ccc(CN2C(=O)C3(CCN(C)C3)c3c(-c4ccn[nH]4)cc(C(=O)Nc4ccc(OC(F)(F)Cl)cc4)cc32)cc1. The molecule has 3 aromatic carbocycles. The number of aromatic amines is 1. The van der Waals surface area contributed by atoms with Crippen LogP contribution < -0.4 is 19.7 Å². The van der Waals surface area contributed by atoms with Crippen molar-refractivity contribution in [3.8, 4) is 22.8 Å². The predicted octanol–water partition coefficient (Wildman–Crippen LogP) is 5.63. The van der Waals surface area contributed by atoms with Crippen LogP contribution in [0.2, 0.25) is 0 Å². The van der Waals surface area contributed by atoms with Crippen molar-refractivity contribution in [3.05, 3.63) is 89.6 Å². The van der Waals surface area contributed by atoms with Crippen LogP contribution in [0.5, 0.6) is 11.5 Å². The van der Waals surface area contributed by atoms with E-state index in [9.17, 15) is 18.4 Å². The molecule has 2 aliphatic heterocycles. The van der Waals surface area contributed by atoms with Crippen molar-refractivity contribution in [2.45, 2.75) is 23.9 Å². The predicted molar refractivity (Wildman–Crippen MR) is 158 cm³/mol. The Hall–Kier alpha value is -4.48. The van der Waals surface area contributed by atoms with E-state index in [4.69, 9.17) is 16.3 Å². The van der Waals surface area contributed by atoms with Gasteiger partial charge >= 0.3 is 5.57 Å². The molecule has 1 unspecified atom stereocenters. The van der Waals surface area contributed by atoms with Gasteiger partial charge in [0.05, 0.1) is 24.8 Å². The number of H-pyrrole nitrogens is 1. The number of likely N-dealkylation sites (N-methyl/N-ethyl adjacent to an activating group) is 1. The van der Waals surface area contributed by atoms with E-state index in [2.05, 4.69) is 25.2 Å². The highest BCUT2D eigenvalue weighted by Gasteiger charge is 2.55. The number of hydrogen-bond acceptors (Lipinski definition) is 6. The Balaban J connectivity index is 1.41. The molecule has 0 radical (unpaired) electrons. The second kappa shape index (κ2) is 11.0. The van der Waals surface area contributed by atoms with E-state index in [1.807, 2.05) is 37.4 Å². The number of benzene rings is 3. The topological polar surface area (TPSA) is 99.8 Å². The smallest absolute Gasteiger partial charge is 0.487 e. The van der Waals surface area contributed by atoms with Gasteiger partial charge in [-0.1, -0.05) is 12.1 Å². The van der Waals surface area contributed by atoms with Gasteiger partial charge in [0.25, 0.3) is 5.91 Å². The summed E-state index contributed by atoms with van der Waals surface area (Å²) in [5.74, 6) is 0.0905. The normalized spacial score (nSPS) is 18.3. The fourth-order valence-corrected chi connectivity index (χ4v) is 6.05. The minimum absolute atomic E-state index is 0.0207. The number of ether oxygens (including phenoxy) is 2. The number of aromatic nitrogens is 2. The minimum atomic E-state index is -3.85. The third kappa shape index (κ3) is 5.53. The summed E-state index contributed by atoms with van der Waals surface area (Å²) >= 11 is 4.85. The molecule has 2 aliphatic rings. The third-order valence-corrected chi connectivity index (χ3v) is 7.98. The van der Waals surface area contributed by atoms with E-state index in [0.29, 0.717) is 53.5 Å². The summed E-state index contributed by atoms with van der Waals surface area (Å²) in [6.07, 6.45) is 2.26. The van der Waals surface area contributed by atoms with E-state index in [0.717, 1.165) is 17.7 Å². The minimum Gasteiger partial charge on any atom is -0.497 e. The highest BCUT2D eigenvalue weighted by atomic mass is 35.5. The largest absolute Gasteiger partial charge is 0.497 e. The monoisotopic (exact) mass is 607 g/mol. The van der Waals surface area contributed by atoms with Crippen LogP contribution in [0.15, 0.2) is 72.9 Å². The van der Waals surface area contributed by atoms with Crippen molar-refractivity contribution in [3.63, 3.8) is 0 Å². The van der Waals surface area contributed by atoms with Crippen LogP contribution in [0.25, 0.3) is 11.3 Å². The molecule has 0 saturated carbocycles. The lowest BCUT2D eigenvalue weighted by molar-refractivity contribution is -0.122. The van der Waals surface area contributed by atoms with Gasteiger partial charge in [0.2, 0.25) is 5.91 Å². The third-order valence-electron chi connectivity index (χ3n) is 7.90. The molecular weight excluding hydrogens is 580 g/mol. The number of carbonyl (C=O) groups is 2. The van der Waals surface area contributed by atoms with Crippen molar-refractivity contribution in [2.75, 3.05) is 37.5 Å². The van der Waals surface area contributed by atoms with Gasteiger partial charge in [-0.25, -0.2) is 0 Å². The van der Waals surface area contributed by atoms with Crippen molar-refractivity contribution in [1.29, 1.82) is 0 Å². The molecular formula is C31H28ClF2N5O4. The molecule has 1 saturated heterocycles. The van der Waals surface area contributed by atoms with Crippen LogP contribution in [0.1, 0.15) is 27.9 Å². The fraction of sp³-hybridized carbons (Fsp3) is 0.258. The standard InChI is InChI=1S/C31H28ClF2N5O4/c1-38-14-12-30(18-38)27-24(25-11-13-35-37-25)15-20(28(40)36-21-5-9-23(10-6-21)43-31(32,33)34)16-26(27)39(29(30)41)17-19-3-7-22(42-2)8-4-19/h3-11,13,15-16H,12,14,17-18H2,1-2H3,(H,35,37)(H,36,40). The molecule has 2 amide bonds. The van der Waals surface area contributed by atoms with Gasteiger partial charge in [0, 0.05) is 52.4 Å². The van der Waals surface area contributed by atoms with E-state index in [1.54, 1.807) is 30.3 Å². The second-order valence-corrected chi connectivity index (χ2v) is 11.2. The molecule has 6 rings (SSSR count). The summed E-state index contributed by atoms with van der Waals surface area (Å²) in [5, 5.41) is 9.94. The number of rotatable bonds is 8. The van der Waals surface area contributed by atoms with Crippen molar-refractivity contribution in [2.24, 2.45) is 0 Å². The molecule has 1 fully saturated rings. The van der Waals surface area contributed by atoms with Crippen LogP contribution in [-0.4, -0.2) is 59.7 Å². The number of fused-ring (bicyclic) bond motifs is 2. The maximum absolute atomic E-state index is 14.4. The summed E-state index contributed by atoms with van der Waals surface area (Å²) in [5.41, 5.74) is -0.139. The number of likely N-dealkylation sites (tertiary alicyclic amines) is 1. The summed E-state index contributed by atoms with van der Waals surface area (Å²) in [7, 11) is 3.59. The van der Waals surface area contributed by atoms with Crippen LogP contribution >= 0.6 is 11.6 Å². The zero-order valence-electron chi connectivity index (χ0n) is 23.4. The molecule has 1 atom stereocenters. The number of carbonyl (C=O) groups excluding carboxylic acids is 2. The Labute approximate surface area is 251 Å². The van der Waals surface area contributed by atoms with Gasteiger partial charge in [-0.2, -0.15) is 5.10 Å². The number of amides is 2. The first-order valence-corrected chi connectivity index (χ1v) is 13.9. The Morgan fingerprint density at radius 2 is 1.84 bits per heavy atom. The fourth-order valence-electron chi connectivity index (χ4n) is 5.96. The molecule has 43 heavy (non-hydrogen) atoms. The average Bonchev–Trinajstić information content (AvgIpc) is 3.70. The molecule has 3 heterocycles. The molecule has 12 heteroatoms. The first-order valence-electron chi connectivity index (χ1n) is 13.6. The van der Waals surface area contributed by atoms with E-state index in [-0.39, 0.29) is 11.7 Å². The van der Waals surface area contributed by atoms with Gasteiger partial charge in [0.1, 0.15) is 11.5 Å². The molecule has 1 aromatic heterocycles. The zero-order valence-corrected chi connectivity index (χ0v) is 24.1. The van der Waals surface area contributed by atoms with Crippen LogP contribution in [-0.2, 0) is 16.8 Å². The zero-order chi connectivity index (χ0) is 30.4. The molecule has 2 N–H and O–H groups in total. The lowest BCUT2D eigenvalue weighted by atomic mass is 9.77. The molecule has 4 aromatic rings. The van der Waals surface area contributed by atoms with Crippen molar-refractivity contribution in [1.82, 2.24) is 15.1 Å². The van der Waals surface area contributed by atoms with E-state index < -0.39 is 16.9 Å². The first kappa shape index (κ1) is 28.6. The van der Waals surface area contributed by atoms with Gasteiger partial charge in [0.15, 0.2) is 0 Å². The lowest BCUT2D eigenvalue weighted by Crippen LogP contribution is -2.42. The highest BCUT2D eigenvalue weighted by molar-refractivity contribution is 6.20. The van der Waals surface area contributed by atoms with Crippen molar-refractivity contribution >= 4 is 34.8 Å². The van der Waals surface area contributed by atoms with E-state index in [1.165, 1.54) is 24.3 Å². The highest BCUT2D eigenvalue weighted by Crippen LogP contribution is 2.52. The van der Waals surface area contributed by atoms with Crippen LogP contribution in [0.4, 0.5) is 20.2 Å². The molecule has 9 nitrogen and oxygen atoms in total. The number of halogens is 3. The molecule has 222 valence electrons. The number of methoxy groups -OCH3 is 1. The summed E-state index contributed by atoms with van der Waals surface area (Å²) in [4.78, 5) is 31.9. The van der Waals surface area contributed by atoms with Crippen LogP contribution in [0, 0.1) is 0 Å². The molecule has 1 spiro atoms. The molecule has 0 aliphatic carbocycles. The molecule has 0 bridgehead atoms. The number of nitrogens with one attached hydrogen (secondary N) is 2. The van der Waals surface area contributed by atoms with E-state index >= 15 is 0 Å². The lowest BCUT2D eigenvalue weighted by Gasteiger charge is -2.25. The van der Waals surface area contributed by atoms with Crippen LogP contribution in [0.3, 0.4) is 0 Å². The first-order chi connectivity index (χ1) is 20.6. The maximum Gasteiger partial charge on any atom is 0.487 e. The van der Waals surface area contributed by atoms with Gasteiger partial charge in [-0.05, 0) is 80.2 Å². The Morgan fingerprint density at radius 3 is 2.44 bits per heavy atom. The Bertz CT molecular complexity index is 1660. The number of hydrogen-bond donors (Lipinski definition) is 2. The van der Waals surface area contributed by atoms with Gasteiger partial charge in [-0.3, -0.25) is 14.7 Å². The summed E-state index contributed by atoms with van der Waals surface area (Å²) < 4.78 is 35.6. The Morgan fingerprint density at radius 1 is 1.12 bits per heavy atom. The second-order valence-electron chi connectivity index (χ2n) is 10.7. The number of anilines is 2. The van der Waals surface area contributed by atoms with Crippen molar-refractivity contribution < 1.29 is 27.8 Å². The summed E-state index contributed by atoms with van der Waals surface area (Å²) in [6, 6.07) is 18.3. The maximum atomic E-state index is 14.4. The van der Waals surface area contributed by atoms with Gasteiger partial charge < -0.3 is 24.6 Å². The number of alkyl halides is 3. The van der Waals surface area contributed by atoms with Gasteiger partial charge in [-0.15, -0.1) is 8.78 Å².